The highest BCUT2D eigenvalue weighted by molar-refractivity contribution is 5.37. The third kappa shape index (κ3) is 18.1. The summed E-state index contributed by atoms with van der Waals surface area (Å²) in [4.78, 5) is 16.5. The zero-order valence-corrected chi connectivity index (χ0v) is 7.82. The maximum absolute atomic E-state index is 8.24. The van der Waals surface area contributed by atoms with E-state index in [4.69, 9.17) is 20.4 Å². The summed E-state index contributed by atoms with van der Waals surface area (Å²) < 4.78 is 0. The zero-order valence-electron chi connectivity index (χ0n) is 7.82. The largest absolute Gasteiger partial charge is 0.724 e. The van der Waals surface area contributed by atoms with Crippen LogP contribution >= 0.6 is 0 Å². The standard InChI is InChI=1S/C7H14.2CNO/c1-7-5-3-2-4-6-7;2*2-1-3/h7H,2-6H2,1H3;;/q;2*-1. The van der Waals surface area contributed by atoms with Crippen molar-refractivity contribution in [3.8, 4) is 0 Å². The van der Waals surface area contributed by atoms with Gasteiger partial charge in [0, 0.05) is 0 Å². The van der Waals surface area contributed by atoms with Crippen LogP contribution in [0, 0.1) is 5.92 Å². The molecule has 0 saturated heterocycles. The monoisotopic (exact) mass is 182 g/mol. The van der Waals surface area contributed by atoms with Crippen LogP contribution in [-0.2, 0) is 9.59 Å². The van der Waals surface area contributed by atoms with Crippen LogP contribution in [0.3, 0.4) is 0 Å². The molecule has 1 aliphatic carbocycles. The Morgan fingerprint density at radius 3 is 1.46 bits per heavy atom. The van der Waals surface area contributed by atoms with Gasteiger partial charge in [-0.25, -0.2) is 0 Å². The van der Waals surface area contributed by atoms with E-state index >= 15 is 0 Å². The van der Waals surface area contributed by atoms with Gasteiger partial charge in [0.05, 0.1) is 0 Å². The van der Waals surface area contributed by atoms with Gasteiger partial charge in [0.25, 0.3) is 0 Å². The molecule has 0 atom stereocenters. The fraction of sp³-hybridized carbons (Fsp3) is 0.778. The topological polar surface area (TPSA) is 78.7 Å². The van der Waals surface area contributed by atoms with Crippen molar-refractivity contribution < 1.29 is 9.59 Å². The van der Waals surface area contributed by atoms with Crippen molar-refractivity contribution in [3.05, 3.63) is 10.8 Å². The normalized spacial score (nSPS) is 14.8. The number of isocyanates is 2. The first kappa shape index (κ1) is 14.3. The van der Waals surface area contributed by atoms with Crippen LogP contribution < -0.4 is 0 Å². The van der Waals surface area contributed by atoms with Crippen molar-refractivity contribution in [2.75, 3.05) is 0 Å². The SMILES string of the molecule is CC1CCCCC1.[N-]=C=O.[N-]=C=O. The Bertz CT molecular complexity index is 150. The van der Waals surface area contributed by atoms with Gasteiger partial charge >= 0.3 is 0 Å². The van der Waals surface area contributed by atoms with E-state index in [1.165, 1.54) is 32.1 Å². The fourth-order valence-electron chi connectivity index (χ4n) is 1.31. The van der Waals surface area contributed by atoms with Crippen molar-refractivity contribution in [1.29, 1.82) is 0 Å². The average Bonchev–Trinajstić information content (AvgIpc) is 2.08. The third-order valence-corrected chi connectivity index (χ3v) is 1.89. The molecule has 1 rings (SSSR count). The smallest absolute Gasteiger partial charge is 0.0159 e. The van der Waals surface area contributed by atoms with Gasteiger partial charge in [0.1, 0.15) is 0 Å². The summed E-state index contributed by atoms with van der Waals surface area (Å²) in [5, 5.41) is 13.5. The van der Waals surface area contributed by atoms with Crippen LogP contribution in [-0.4, -0.2) is 12.2 Å². The molecule has 0 bridgehead atoms. The van der Waals surface area contributed by atoms with E-state index in [9.17, 15) is 0 Å². The molecule has 1 aliphatic rings. The van der Waals surface area contributed by atoms with Gasteiger partial charge in [-0.3, -0.25) is 9.59 Å². The van der Waals surface area contributed by atoms with Gasteiger partial charge in [-0.05, 0) is 18.1 Å². The summed E-state index contributed by atoms with van der Waals surface area (Å²) in [6.07, 6.45) is 8.44. The van der Waals surface area contributed by atoms with Crippen molar-refractivity contribution in [2.24, 2.45) is 5.92 Å². The number of hydrogen-bond acceptors (Lipinski definition) is 2. The number of rotatable bonds is 0. The lowest BCUT2D eigenvalue weighted by Crippen LogP contribution is -1.99. The highest BCUT2D eigenvalue weighted by atomic mass is 16.1. The van der Waals surface area contributed by atoms with Gasteiger partial charge < -0.3 is 10.8 Å². The van der Waals surface area contributed by atoms with E-state index in [0.717, 1.165) is 5.92 Å². The molecule has 0 aromatic heterocycles. The molecular weight excluding hydrogens is 168 g/mol. The number of hydrogen-bond donors (Lipinski definition) is 0. The molecule has 13 heavy (non-hydrogen) atoms. The molecule has 0 spiro atoms. The summed E-state index contributed by atoms with van der Waals surface area (Å²) in [6.45, 7) is 2.36. The van der Waals surface area contributed by atoms with Gasteiger partial charge in [0.15, 0.2) is 0 Å². The summed E-state index contributed by atoms with van der Waals surface area (Å²) in [5.41, 5.74) is 0. The van der Waals surface area contributed by atoms with Crippen molar-refractivity contribution in [3.63, 3.8) is 0 Å². The molecule has 0 unspecified atom stereocenters. The molecule has 0 aromatic carbocycles. The second-order valence-electron chi connectivity index (χ2n) is 2.93. The Hall–Kier alpha value is -1.24. The van der Waals surface area contributed by atoms with E-state index in [-0.39, 0.29) is 0 Å². The summed E-state index contributed by atoms with van der Waals surface area (Å²) in [6, 6.07) is 0. The van der Waals surface area contributed by atoms with Crippen LogP contribution in [0.5, 0.6) is 0 Å². The molecule has 4 heteroatoms. The molecule has 0 aliphatic heterocycles. The minimum absolute atomic E-state index is 0.500. The van der Waals surface area contributed by atoms with Crippen LogP contribution in [0.25, 0.3) is 10.8 Å². The van der Waals surface area contributed by atoms with E-state index < -0.39 is 0 Å². The Morgan fingerprint density at radius 2 is 1.31 bits per heavy atom. The summed E-state index contributed by atoms with van der Waals surface area (Å²) in [7, 11) is 0. The molecule has 0 aromatic rings. The molecule has 4 nitrogen and oxygen atoms in total. The second kappa shape index (κ2) is 13.4. The first-order chi connectivity index (χ1) is 6.22. The Labute approximate surface area is 78.4 Å². The molecule has 0 amide bonds. The Kier molecular flexibility index (Phi) is 14.7. The average molecular weight is 182 g/mol. The first-order valence-corrected chi connectivity index (χ1v) is 4.25. The van der Waals surface area contributed by atoms with E-state index in [1.54, 1.807) is 0 Å². The Balaban J connectivity index is 0. The molecule has 0 heterocycles. The molecule has 74 valence electrons. The number of nitrogens with zero attached hydrogens (tertiary/aromatic N) is 2. The van der Waals surface area contributed by atoms with E-state index in [1.807, 2.05) is 0 Å². The summed E-state index contributed by atoms with van der Waals surface area (Å²) in [5.74, 6) is 1.04. The van der Waals surface area contributed by atoms with Crippen LogP contribution in [0.15, 0.2) is 0 Å². The fourth-order valence-corrected chi connectivity index (χ4v) is 1.31. The second-order valence-corrected chi connectivity index (χ2v) is 2.93. The first-order valence-electron chi connectivity index (χ1n) is 4.25. The van der Waals surface area contributed by atoms with E-state index in [0.29, 0.717) is 12.2 Å². The van der Waals surface area contributed by atoms with Gasteiger partial charge in [-0.2, -0.15) is 0 Å². The lowest BCUT2D eigenvalue weighted by atomic mass is 9.91. The molecule has 1 fully saturated rings. The summed E-state index contributed by atoms with van der Waals surface area (Å²) >= 11 is 0. The van der Waals surface area contributed by atoms with E-state index in [2.05, 4.69) is 6.92 Å². The van der Waals surface area contributed by atoms with Crippen molar-refractivity contribution >= 4 is 12.2 Å². The highest BCUT2D eigenvalue weighted by Gasteiger charge is 2.05. The lowest BCUT2D eigenvalue weighted by molar-refractivity contribution is 0.385. The predicted octanol–water partition coefficient (Wildman–Crippen LogP) is 2.37. The van der Waals surface area contributed by atoms with Crippen molar-refractivity contribution in [1.82, 2.24) is 0 Å². The van der Waals surface area contributed by atoms with Crippen LogP contribution in [0.2, 0.25) is 0 Å². The zero-order chi connectivity index (χ0) is 10.5. The Morgan fingerprint density at radius 1 is 1.00 bits per heavy atom. The predicted molar refractivity (Wildman–Crippen MR) is 50.4 cm³/mol. The lowest BCUT2D eigenvalue weighted by Gasteiger charge is -2.15. The molecular formula is C9H14N2O2-2. The van der Waals surface area contributed by atoms with Gasteiger partial charge in [0.2, 0.25) is 0 Å². The highest BCUT2D eigenvalue weighted by Crippen LogP contribution is 2.21. The van der Waals surface area contributed by atoms with Gasteiger partial charge in [-0.15, -0.1) is 0 Å². The quantitative estimate of drug-likeness (QED) is 0.425. The minimum Gasteiger partial charge on any atom is -0.724 e. The molecule has 0 N–H and O–H groups in total. The minimum atomic E-state index is 0.500. The van der Waals surface area contributed by atoms with Crippen molar-refractivity contribution in [2.45, 2.75) is 39.0 Å². The van der Waals surface area contributed by atoms with Gasteiger partial charge in [-0.1, -0.05) is 39.0 Å². The third-order valence-electron chi connectivity index (χ3n) is 1.89. The van der Waals surface area contributed by atoms with Crippen LogP contribution in [0.1, 0.15) is 39.0 Å². The molecule has 1 saturated carbocycles. The molecule has 0 radical (unpaired) electrons. The number of carbonyl (C=O) groups excluding carboxylic acids is 2. The van der Waals surface area contributed by atoms with Crippen LogP contribution in [0.4, 0.5) is 0 Å². The maximum atomic E-state index is 8.24. The maximum Gasteiger partial charge on any atom is -0.0159 e.